The molecule has 13 heavy (non-hydrogen) atoms. The molecule has 0 bridgehead atoms. The molecule has 0 saturated heterocycles. The zero-order valence-corrected chi connectivity index (χ0v) is 12.0. The summed E-state index contributed by atoms with van der Waals surface area (Å²) in [5, 5.41) is 11.8. The smallest absolute Gasteiger partial charge is 0 e. The van der Waals surface area contributed by atoms with Crippen molar-refractivity contribution in [3.63, 3.8) is 0 Å². The van der Waals surface area contributed by atoms with Crippen LogP contribution in [0, 0.1) is 13.8 Å². The monoisotopic (exact) mass is 258 g/mol. The summed E-state index contributed by atoms with van der Waals surface area (Å²) in [4.78, 5) is 0. The summed E-state index contributed by atoms with van der Waals surface area (Å²) >= 11 is 0. The quantitative estimate of drug-likeness (QED) is 0.566. The molecule has 74 valence electrons. The van der Waals surface area contributed by atoms with Crippen molar-refractivity contribution in [2.75, 3.05) is 0 Å². The molecule has 1 aromatic heterocycles. The first-order valence-corrected chi connectivity index (χ1v) is 3.51. The van der Waals surface area contributed by atoms with Gasteiger partial charge in [0.15, 0.2) is 0 Å². The number of H-pyrrole nitrogens is 1. The van der Waals surface area contributed by atoms with E-state index >= 15 is 0 Å². The van der Waals surface area contributed by atoms with Gasteiger partial charge in [0.1, 0.15) is 0 Å². The van der Waals surface area contributed by atoms with Gasteiger partial charge in [-0.1, -0.05) is 39.3 Å². The Morgan fingerprint density at radius 1 is 1.23 bits per heavy atom. The Labute approximate surface area is 109 Å². The van der Waals surface area contributed by atoms with Gasteiger partial charge in [-0.2, -0.15) is 0 Å². The molecule has 1 rings (SSSR count). The predicted octanol–water partition coefficient (Wildman–Crippen LogP) is 1.51. The Kier molecular flexibility index (Phi) is 89.3. The van der Waals surface area contributed by atoms with Crippen LogP contribution in [0.2, 0.25) is 0 Å². The first-order chi connectivity index (χ1) is 4.91. The Hall–Kier alpha value is 0.239. The van der Waals surface area contributed by atoms with E-state index in [0.29, 0.717) is 0 Å². The first kappa shape index (κ1) is 29.2. The largest absolute Gasteiger partial charge is 0.358 e. The van der Waals surface area contributed by atoms with E-state index in [0.717, 1.165) is 0 Å². The second-order valence-corrected chi connectivity index (χ2v) is 1.22. The van der Waals surface area contributed by atoms with Crippen molar-refractivity contribution < 1.29 is 32.7 Å². The maximum atomic E-state index is 3.25. The third kappa shape index (κ3) is 46.7. The van der Waals surface area contributed by atoms with Crippen LogP contribution >= 0.6 is 0 Å². The fraction of sp³-hybridized carbons (Fsp3) is 0.714. The van der Waals surface area contributed by atoms with Gasteiger partial charge in [-0.15, -0.1) is 0 Å². The van der Waals surface area contributed by atoms with Gasteiger partial charge in [0.05, 0.1) is 0 Å². The molecule has 0 aliphatic heterocycles. The second kappa shape index (κ2) is 39.7. The van der Waals surface area contributed by atoms with Crippen LogP contribution in [0.1, 0.15) is 34.1 Å². The summed E-state index contributed by atoms with van der Waals surface area (Å²) in [6.45, 7) is 8.25. The topological polar surface area (TPSA) is 54.5 Å². The molecule has 0 spiro atoms. The van der Waals surface area contributed by atoms with Gasteiger partial charge in [-0.3, -0.25) is 0 Å². The number of rotatable bonds is 0. The van der Waals surface area contributed by atoms with Crippen molar-refractivity contribution in [3.05, 3.63) is 13.8 Å². The minimum atomic E-state index is 0. The molecular formula is C7H18BN4Y-2. The Balaban J connectivity index is -0.0000000244. The molecule has 0 atom stereocenters. The van der Waals surface area contributed by atoms with Gasteiger partial charge in [-0.25, -0.2) is 11.5 Å². The van der Waals surface area contributed by atoms with Crippen LogP contribution in [0.3, 0.4) is 0 Å². The van der Waals surface area contributed by atoms with Crippen LogP contribution in [-0.4, -0.2) is 29.0 Å². The molecular weight excluding hydrogens is 240 g/mol. The summed E-state index contributed by atoms with van der Waals surface area (Å²) in [7, 11) is 0. The van der Waals surface area contributed by atoms with E-state index in [1.807, 2.05) is 13.8 Å². The maximum absolute atomic E-state index is 3.25. The van der Waals surface area contributed by atoms with Crippen molar-refractivity contribution in [2.24, 2.45) is 0 Å². The van der Waals surface area contributed by atoms with Gasteiger partial charge in [0, 0.05) is 41.1 Å². The SMILES string of the molecule is CC.CCC.[B].[CH3-].[Y].[c-]1nn[nH]n1. The standard InChI is InChI=1S/C3H8.C2H6.CHN4.CH3.B.Y/c1-3-2;1-2;1-2-4-5-3-1;;;/h3H2,1-2H3;1-2H3;(H,2,3,4,5);1H3;;/q;;2*-1;;. The van der Waals surface area contributed by atoms with Crippen molar-refractivity contribution >= 4 is 8.41 Å². The van der Waals surface area contributed by atoms with E-state index in [1.165, 1.54) is 6.42 Å². The third-order valence-corrected chi connectivity index (χ3v) is 0.239. The van der Waals surface area contributed by atoms with Crippen LogP contribution in [0.15, 0.2) is 0 Å². The number of aromatic amines is 1. The number of tetrazole rings is 1. The number of nitrogens with zero attached hydrogens (tertiary/aromatic N) is 3. The first-order valence-electron chi connectivity index (χ1n) is 3.51. The predicted molar refractivity (Wildman–Crippen MR) is 52.5 cm³/mol. The molecule has 1 N–H and O–H groups in total. The zero-order valence-electron chi connectivity index (χ0n) is 9.20. The zero-order chi connectivity index (χ0) is 8.24. The number of nitrogens with one attached hydrogen (secondary N) is 1. The molecule has 0 fully saturated rings. The van der Waals surface area contributed by atoms with Crippen molar-refractivity contribution in [3.8, 4) is 0 Å². The maximum Gasteiger partial charge on any atom is 0 e. The van der Waals surface area contributed by atoms with Gasteiger partial charge < -0.3 is 17.6 Å². The van der Waals surface area contributed by atoms with E-state index in [9.17, 15) is 0 Å². The average molecular weight is 258 g/mol. The molecule has 4 nitrogen and oxygen atoms in total. The molecule has 0 aromatic carbocycles. The Morgan fingerprint density at radius 3 is 1.69 bits per heavy atom. The fourth-order valence-electron chi connectivity index (χ4n) is 0.112. The van der Waals surface area contributed by atoms with E-state index in [4.69, 9.17) is 0 Å². The average Bonchev–Trinajstić information content (AvgIpc) is 2.48. The molecule has 0 unspecified atom stereocenters. The molecule has 1 heterocycles. The van der Waals surface area contributed by atoms with E-state index in [-0.39, 0.29) is 48.5 Å². The number of aromatic nitrogens is 4. The van der Waals surface area contributed by atoms with Crippen LogP contribution in [0.25, 0.3) is 0 Å². The van der Waals surface area contributed by atoms with Crippen molar-refractivity contribution in [1.29, 1.82) is 0 Å². The van der Waals surface area contributed by atoms with Crippen molar-refractivity contribution in [1.82, 2.24) is 20.6 Å². The van der Waals surface area contributed by atoms with Crippen LogP contribution in [-0.2, 0) is 32.7 Å². The van der Waals surface area contributed by atoms with E-state index in [1.54, 1.807) is 0 Å². The number of hydrogen-bond donors (Lipinski definition) is 1. The van der Waals surface area contributed by atoms with Gasteiger partial charge >= 0.3 is 0 Å². The molecule has 4 radical (unpaired) electrons. The van der Waals surface area contributed by atoms with Gasteiger partial charge in [0.25, 0.3) is 0 Å². The van der Waals surface area contributed by atoms with E-state index < -0.39 is 0 Å². The third-order valence-electron chi connectivity index (χ3n) is 0.239. The number of hydrogen-bond acceptors (Lipinski definition) is 3. The van der Waals surface area contributed by atoms with Crippen LogP contribution in [0.5, 0.6) is 0 Å². The molecule has 6 heteroatoms. The normalized spacial score (nSPS) is 4.92. The summed E-state index contributed by atoms with van der Waals surface area (Å²) in [6.07, 6.45) is 3.44. The molecule has 0 aliphatic rings. The Morgan fingerprint density at radius 2 is 1.62 bits per heavy atom. The molecule has 0 saturated carbocycles. The fourth-order valence-corrected chi connectivity index (χ4v) is 0.112. The second-order valence-electron chi connectivity index (χ2n) is 1.22. The summed E-state index contributed by atoms with van der Waals surface area (Å²) < 4.78 is 0. The minimum Gasteiger partial charge on any atom is -0.358 e. The molecule has 0 aliphatic carbocycles. The summed E-state index contributed by atoms with van der Waals surface area (Å²) in [6, 6.07) is 0. The molecule has 1 aromatic rings. The van der Waals surface area contributed by atoms with Gasteiger partial charge in [-0.05, 0) is 0 Å². The van der Waals surface area contributed by atoms with E-state index in [2.05, 4.69) is 40.8 Å². The summed E-state index contributed by atoms with van der Waals surface area (Å²) in [5.41, 5.74) is 0. The van der Waals surface area contributed by atoms with Crippen molar-refractivity contribution in [2.45, 2.75) is 34.1 Å². The van der Waals surface area contributed by atoms with Crippen LogP contribution in [0.4, 0.5) is 0 Å². The Bertz CT molecular complexity index is 87.4. The van der Waals surface area contributed by atoms with Gasteiger partial charge in [0.2, 0.25) is 0 Å². The summed E-state index contributed by atoms with van der Waals surface area (Å²) in [5.74, 6) is 0. The molecule has 0 amide bonds. The minimum absolute atomic E-state index is 0. The van der Waals surface area contributed by atoms with Crippen LogP contribution < -0.4 is 0 Å².